The van der Waals surface area contributed by atoms with Crippen LogP contribution in [0.4, 0.5) is 0 Å². The van der Waals surface area contributed by atoms with Crippen molar-refractivity contribution in [3.05, 3.63) is 56.5 Å². The topological polar surface area (TPSA) is 47.6 Å². The van der Waals surface area contributed by atoms with Crippen LogP contribution in [0.3, 0.4) is 0 Å². The van der Waals surface area contributed by atoms with E-state index in [2.05, 4.69) is 37.2 Å². The summed E-state index contributed by atoms with van der Waals surface area (Å²) in [6.07, 6.45) is 0. The molecule has 144 valence electrons. The highest BCUT2D eigenvalue weighted by Crippen LogP contribution is 2.43. The first-order valence-corrected chi connectivity index (χ1v) is 10.4. The molecule has 27 heavy (non-hydrogen) atoms. The third kappa shape index (κ3) is 3.93. The van der Waals surface area contributed by atoms with Gasteiger partial charge >= 0.3 is 0 Å². The molecular weight excluding hydrogens is 474 g/mol. The number of hydrogen-bond acceptors (Lipinski definition) is 4. The SMILES string of the molecule is COc1ccc(Br)cc1[C@H]1N[C@@H](c2cc(Br)ccc2OC)[C@H](C)C(=O)[C@@H]1C. The van der Waals surface area contributed by atoms with Crippen molar-refractivity contribution in [1.82, 2.24) is 5.32 Å². The second kappa shape index (κ2) is 8.33. The Morgan fingerprint density at radius 3 is 1.59 bits per heavy atom. The van der Waals surface area contributed by atoms with Crippen LogP contribution in [0.5, 0.6) is 11.5 Å². The van der Waals surface area contributed by atoms with E-state index in [4.69, 9.17) is 9.47 Å². The molecular formula is C21H23Br2NO3. The Kier molecular flexibility index (Phi) is 6.28. The number of piperidine rings is 1. The molecule has 2 aromatic carbocycles. The number of nitrogens with one attached hydrogen (secondary N) is 1. The third-order valence-corrected chi connectivity index (χ3v) is 6.30. The summed E-state index contributed by atoms with van der Waals surface area (Å²) in [7, 11) is 3.30. The maximum absolute atomic E-state index is 13.1. The van der Waals surface area contributed by atoms with Gasteiger partial charge < -0.3 is 14.8 Å². The van der Waals surface area contributed by atoms with E-state index in [0.29, 0.717) is 0 Å². The van der Waals surface area contributed by atoms with Crippen LogP contribution in [0.1, 0.15) is 37.1 Å². The fraction of sp³-hybridized carbons (Fsp3) is 0.381. The number of benzene rings is 2. The number of ketones is 1. The molecule has 0 amide bonds. The lowest BCUT2D eigenvalue weighted by Crippen LogP contribution is -2.46. The Hall–Kier alpha value is -1.37. The monoisotopic (exact) mass is 495 g/mol. The summed E-state index contributed by atoms with van der Waals surface area (Å²) in [6.45, 7) is 3.95. The van der Waals surface area contributed by atoms with Gasteiger partial charge in [-0.25, -0.2) is 0 Å². The van der Waals surface area contributed by atoms with Gasteiger partial charge in [0.15, 0.2) is 0 Å². The molecule has 1 saturated heterocycles. The van der Waals surface area contributed by atoms with Crippen LogP contribution in [0.15, 0.2) is 45.3 Å². The molecule has 0 aromatic heterocycles. The fourth-order valence-corrected chi connectivity index (χ4v) is 4.60. The van der Waals surface area contributed by atoms with Crippen molar-refractivity contribution in [3.8, 4) is 11.5 Å². The molecule has 0 unspecified atom stereocenters. The molecule has 1 heterocycles. The summed E-state index contributed by atoms with van der Waals surface area (Å²) in [5.41, 5.74) is 1.94. The summed E-state index contributed by atoms with van der Waals surface area (Å²) in [5, 5.41) is 3.70. The number of hydrogen-bond donors (Lipinski definition) is 1. The average Bonchev–Trinajstić information content (AvgIpc) is 2.66. The van der Waals surface area contributed by atoms with Crippen molar-refractivity contribution in [2.75, 3.05) is 14.2 Å². The van der Waals surface area contributed by atoms with Crippen molar-refractivity contribution in [1.29, 1.82) is 0 Å². The largest absolute Gasteiger partial charge is 0.496 e. The van der Waals surface area contributed by atoms with Crippen molar-refractivity contribution in [3.63, 3.8) is 0 Å². The van der Waals surface area contributed by atoms with Gasteiger partial charge in [0.25, 0.3) is 0 Å². The number of rotatable bonds is 4. The molecule has 1 fully saturated rings. The van der Waals surface area contributed by atoms with E-state index in [1.807, 2.05) is 50.2 Å². The molecule has 0 aliphatic carbocycles. The highest BCUT2D eigenvalue weighted by Gasteiger charge is 2.42. The van der Waals surface area contributed by atoms with Gasteiger partial charge in [0, 0.05) is 44.0 Å². The van der Waals surface area contributed by atoms with Gasteiger partial charge in [-0.3, -0.25) is 4.79 Å². The van der Waals surface area contributed by atoms with Gasteiger partial charge in [-0.15, -0.1) is 0 Å². The number of carbonyl (C=O) groups excluding carboxylic acids is 1. The normalized spacial score (nSPS) is 25.3. The minimum Gasteiger partial charge on any atom is -0.496 e. The molecule has 0 bridgehead atoms. The summed E-state index contributed by atoms with van der Waals surface area (Å²) in [5.74, 6) is 1.43. The number of halogens is 2. The second-order valence-corrected chi connectivity index (χ2v) is 8.71. The zero-order chi connectivity index (χ0) is 19.7. The van der Waals surface area contributed by atoms with Gasteiger partial charge in [-0.1, -0.05) is 45.7 Å². The standard InChI is InChI=1S/C21H23Br2NO3/c1-11-19(15-9-13(22)5-7-17(15)26-3)24-20(12(2)21(11)25)16-10-14(23)6-8-18(16)27-4/h5-12,19-20,24H,1-4H3/t11-,12+,19+,20-. The lowest BCUT2D eigenvalue weighted by molar-refractivity contribution is -0.130. The highest BCUT2D eigenvalue weighted by molar-refractivity contribution is 9.10. The molecule has 0 radical (unpaired) electrons. The van der Waals surface area contributed by atoms with Crippen molar-refractivity contribution in [2.24, 2.45) is 11.8 Å². The molecule has 0 saturated carbocycles. The maximum atomic E-state index is 13.1. The molecule has 1 N–H and O–H groups in total. The van der Waals surface area contributed by atoms with Gasteiger partial charge in [0.1, 0.15) is 17.3 Å². The first kappa shape index (κ1) is 20.4. The quantitative estimate of drug-likeness (QED) is 0.610. The van der Waals surface area contributed by atoms with Gasteiger partial charge in [-0.05, 0) is 36.4 Å². The smallest absolute Gasteiger partial charge is 0.142 e. The third-order valence-electron chi connectivity index (χ3n) is 5.31. The maximum Gasteiger partial charge on any atom is 0.142 e. The molecule has 1 aliphatic rings. The van der Waals surface area contributed by atoms with E-state index in [0.717, 1.165) is 31.6 Å². The zero-order valence-corrected chi connectivity index (χ0v) is 18.9. The van der Waals surface area contributed by atoms with Crippen LogP contribution in [0.2, 0.25) is 0 Å². The predicted molar refractivity (Wildman–Crippen MR) is 113 cm³/mol. The first-order chi connectivity index (χ1) is 12.9. The fourth-order valence-electron chi connectivity index (χ4n) is 3.84. The molecule has 0 spiro atoms. The first-order valence-electron chi connectivity index (χ1n) is 8.84. The summed E-state index contributed by atoms with van der Waals surface area (Å²) in [6, 6.07) is 11.4. The van der Waals surface area contributed by atoms with E-state index in [1.165, 1.54) is 0 Å². The van der Waals surface area contributed by atoms with E-state index in [9.17, 15) is 4.79 Å². The average molecular weight is 497 g/mol. The van der Waals surface area contributed by atoms with Crippen molar-refractivity contribution >= 4 is 37.6 Å². The van der Waals surface area contributed by atoms with Crippen molar-refractivity contribution in [2.45, 2.75) is 25.9 Å². The summed E-state index contributed by atoms with van der Waals surface area (Å²) < 4.78 is 13.0. The highest BCUT2D eigenvalue weighted by atomic mass is 79.9. The Bertz CT molecular complexity index is 788. The Labute approximate surface area is 176 Å². The summed E-state index contributed by atoms with van der Waals surface area (Å²) in [4.78, 5) is 13.1. The number of ether oxygens (including phenoxy) is 2. The van der Waals surface area contributed by atoms with Gasteiger partial charge in [0.2, 0.25) is 0 Å². The van der Waals surface area contributed by atoms with E-state index >= 15 is 0 Å². The molecule has 6 heteroatoms. The Balaban J connectivity index is 2.08. The van der Waals surface area contributed by atoms with Crippen LogP contribution < -0.4 is 14.8 Å². The predicted octanol–water partition coefficient (Wildman–Crippen LogP) is 5.46. The van der Waals surface area contributed by atoms with Crippen molar-refractivity contribution < 1.29 is 14.3 Å². The van der Waals surface area contributed by atoms with Crippen LogP contribution in [0, 0.1) is 11.8 Å². The van der Waals surface area contributed by atoms with Crippen LogP contribution >= 0.6 is 31.9 Å². The number of Topliss-reactive ketones (excluding diaryl/α,β-unsaturated/α-hetero) is 1. The van der Waals surface area contributed by atoms with Crippen LogP contribution in [-0.2, 0) is 4.79 Å². The molecule has 1 aliphatic heterocycles. The van der Waals surface area contributed by atoms with E-state index in [-0.39, 0.29) is 29.7 Å². The van der Waals surface area contributed by atoms with Crippen LogP contribution in [-0.4, -0.2) is 20.0 Å². The molecule has 3 rings (SSSR count). The molecule has 2 aromatic rings. The minimum absolute atomic E-state index is 0.158. The molecule has 4 nitrogen and oxygen atoms in total. The number of carbonyl (C=O) groups is 1. The lowest BCUT2D eigenvalue weighted by Gasteiger charge is -2.40. The van der Waals surface area contributed by atoms with E-state index < -0.39 is 0 Å². The summed E-state index contributed by atoms with van der Waals surface area (Å²) >= 11 is 7.07. The van der Waals surface area contributed by atoms with E-state index in [1.54, 1.807) is 14.2 Å². The van der Waals surface area contributed by atoms with Crippen LogP contribution in [0.25, 0.3) is 0 Å². The second-order valence-electron chi connectivity index (χ2n) is 6.87. The lowest BCUT2D eigenvalue weighted by atomic mass is 9.76. The molecule has 4 atom stereocenters. The zero-order valence-electron chi connectivity index (χ0n) is 15.8. The van der Waals surface area contributed by atoms with Gasteiger partial charge in [0.05, 0.1) is 14.2 Å². The Morgan fingerprint density at radius 2 is 1.22 bits per heavy atom. The Morgan fingerprint density at radius 1 is 0.815 bits per heavy atom. The van der Waals surface area contributed by atoms with Gasteiger partial charge in [-0.2, -0.15) is 0 Å². The minimum atomic E-state index is -0.169. The number of methoxy groups -OCH3 is 2.